The average molecular weight is 311 g/mol. The Morgan fingerprint density at radius 3 is 2.62 bits per heavy atom. The first-order valence-electron chi connectivity index (χ1n) is 7.63. The molecule has 118 valence electrons. The summed E-state index contributed by atoms with van der Waals surface area (Å²) in [6.07, 6.45) is 5.64. The van der Waals surface area contributed by atoms with Gasteiger partial charge in [-0.1, -0.05) is 6.92 Å². The van der Waals surface area contributed by atoms with E-state index >= 15 is 0 Å². The van der Waals surface area contributed by atoms with E-state index in [0.717, 1.165) is 25.7 Å². The molecule has 2 rings (SSSR count). The highest BCUT2D eigenvalue weighted by molar-refractivity contribution is 7.89. The lowest BCUT2D eigenvalue weighted by Crippen LogP contribution is -2.39. The molecule has 0 bridgehead atoms. The first-order chi connectivity index (χ1) is 9.95. The van der Waals surface area contributed by atoms with Gasteiger partial charge in [0.15, 0.2) is 0 Å². The molecule has 1 saturated carbocycles. The van der Waals surface area contributed by atoms with Gasteiger partial charge in [-0.15, -0.1) is 0 Å². The molecular formula is C15H25N3O2S. The maximum absolute atomic E-state index is 12.7. The van der Waals surface area contributed by atoms with Gasteiger partial charge in [0.05, 0.1) is 4.90 Å². The summed E-state index contributed by atoms with van der Waals surface area (Å²) in [6.45, 7) is 4.90. The van der Waals surface area contributed by atoms with Crippen LogP contribution in [0.1, 0.15) is 39.5 Å². The van der Waals surface area contributed by atoms with Gasteiger partial charge >= 0.3 is 0 Å². The van der Waals surface area contributed by atoms with E-state index in [4.69, 9.17) is 0 Å². The summed E-state index contributed by atoms with van der Waals surface area (Å²) in [5.41, 5.74) is 0. The fourth-order valence-electron chi connectivity index (χ4n) is 2.82. The summed E-state index contributed by atoms with van der Waals surface area (Å²) < 4.78 is 27.0. The predicted molar refractivity (Wildman–Crippen MR) is 84.8 cm³/mol. The van der Waals surface area contributed by atoms with Crippen LogP contribution in [0.4, 0.5) is 5.82 Å². The molecule has 1 aliphatic carbocycles. The monoisotopic (exact) mass is 311 g/mol. The minimum Gasteiger partial charge on any atom is -0.370 e. The van der Waals surface area contributed by atoms with E-state index in [-0.39, 0.29) is 6.04 Å². The van der Waals surface area contributed by atoms with Crippen molar-refractivity contribution < 1.29 is 8.42 Å². The minimum absolute atomic E-state index is 0.113. The standard InChI is InChI=1S/C15H25N3O2S/c1-4-16-15-11-14(9-10-17-15)21(19,20)18(3)13-7-5-12(2)6-8-13/h9-13H,4-8H2,1-3H3,(H,16,17). The molecule has 6 heteroatoms. The van der Waals surface area contributed by atoms with Crippen LogP contribution in [0.5, 0.6) is 0 Å². The third kappa shape index (κ3) is 3.74. The van der Waals surface area contributed by atoms with Gasteiger partial charge in [0, 0.05) is 31.9 Å². The van der Waals surface area contributed by atoms with Gasteiger partial charge in [-0.25, -0.2) is 13.4 Å². The Balaban J connectivity index is 2.18. The van der Waals surface area contributed by atoms with Crippen molar-refractivity contribution in [1.29, 1.82) is 0 Å². The van der Waals surface area contributed by atoms with Gasteiger partial charge in [-0.2, -0.15) is 4.31 Å². The van der Waals surface area contributed by atoms with Crippen molar-refractivity contribution in [2.24, 2.45) is 5.92 Å². The lowest BCUT2D eigenvalue weighted by atomic mass is 9.87. The first kappa shape index (κ1) is 16.2. The third-order valence-electron chi connectivity index (χ3n) is 4.27. The number of anilines is 1. The molecule has 0 atom stereocenters. The Labute approximate surface area is 127 Å². The summed E-state index contributed by atoms with van der Waals surface area (Å²) in [5, 5.41) is 3.05. The van der Waals surface area contributed by atoms with Crippen LogP contribution in [0.2, 0.25) is 0 Å². The lowest BCUT2D eigenvalue weighted by molar-refractivity contribution is 0.246. The fourth-order valence-corrected chi connectivity index (χ4v) is 4.25. The molecule has 0 saturated heterocycles. The topological polar surface area (TPSA) is 62.3 Å². The van der Waals surface area contributed by atoms with Crippen molar-refractivity contribution in [3.8, 4) is 0 Å². The van der Waals surface area contributed by atoms with Crippen molar-refractivity contribution in [1.82, 2.24) is 9.29 Å². The normalized spacial score (nSPS) is 23.2. The molecule has 0 aromatic carbocycles. The number of hydrogen-bond acceptors (Lipinski definition) is 4. The summed E-state index contributed by atoms with van der Waals surface area (Å²) in [7, 11) is -1.75. The van der Waals surface area contributed by atoms with Gasteiger partial charge in [0.1, 0.15) is 5.82 Å². The van der Waals surface area contributed by atoms with E-state index in [1.165, 1.54) is 0 Å². The average Bonchev–Trinajstić information content (AvgIpc) is 2.48. The van der Waals surface area contributed by atoms with Crippen LogP contribution in [-0.4, -0.2) is 37.3 Å². The van der Waals surface area contributed by atoms with Gasteiger partial charge in [-0.3, -0.25) is 0 Å². The molecule has 5 nitrogen and oxygen atoms in total. The quantitative estimate of drug-likeness (QED) is 0.908. The van der Waals surface area contributed by atoms with Gasteiger partial charge in [0.25, 0.3) is 0 Å². The molecule has 0 spiro atoms. The Kier molecular flexibility index (Phi) is 5.22. The second-order valence-electron chi connectivity index (χ2n) is 5.84. The minimum atomic E-state index is -3.44. The van der Waals surface area contributed by atoms with E-state index in [1.54, 1.807) is 29.7 Å². The van der Waals surface area contributed by atoms with Gasteiger partial charge in [-0.05, 0) is 44.6 Å². The molecule has 1 fully saturated rings. The number of pyridine rings is 1. The maximum atomic E-state index is 12.7. The fraction of sp³-hybridized carbons (Fsp3) is 0.667. The number of sulfonamides is 1. The van der Waals surface area contributed by atoms with Crippen LogP contribution in [0.25, 0.3) is 0 Å². The molecule has 1 aromatic rings. The lowest BCUT2D eigenvalue weighted by Gasteiger charge is -2.32. The van der Waals surface area contributed by atoms with Crippen LogP contribution in [0.15, 0.2) is 23.2 Å². The van der Waals surface area contributed by atoms with Crippen LogP contribution in [0, 0.1) is 5.92 Å². The Bertz CT molecular complexity index is 566. The zero-order valence-corrected chi connectivity index (χ0v) is 13.9. The van der Waals surface area contributed by atoms with E-state index in [0.29, 0.717) is 23.2 Å². The zero-order valence-electron chi connectivity index (χ0n) is 13.0. The third-order valence-corrected chi connectivity index (χ3v) is 6.17. The smallest absolute Gasteiger partial charge is 0.243 e. The SMILES string of the molecule is CCNc1cc(S(=O)(=O)N(C)C2CCC(C)CC2)ccn1. The van der Waals surface area contributed by atoms with Crippen molar-refractivity contribution in [2.45, 2.75) is 50.5 Å². The largest absolute Gasteiger partial charge is 0.370 e. The highest BCUT2D eigenvalue weighted by Crippen LogP contribution is 2.29. The van der Waals surface area contributed by atoms with Crippen LogP contribution >= 0.6 is 0 Å². The molecule has 1 aromatic heterocycles. The van der Waals surface area contributed by atoms with Crippen molar-refractivity contribution >= 4 is 15.8 Å². The highest BCUT2D eigenvalue weighted by Gasteiger charge is 2.30. The van der Waals surface area contributed by atoms with E-state index < -0.39 is 10.0 Å². The molecule has 0 aliphatic heterocycles. The number of rotatable bonds is 5. The van der Waals surface area contributed by atoms with Crippen LogP contribution in [0.3, 0.4) is 0 Å². The second kappa shape index (κ2) is 6.75. The van der Waals surface area contributed by atoms with Crippen molar-refractivity contribution in [3.05, 3.63) is 18.3 Å². The summed E-state index contributed by atoms with van der Waals surface area (Å²) in [6, 6.07) is 3.29. The molecule has 0 unspecified atom stereocenters. The zero-order chi connectivity index (χ0) is 15.5. The molecule has 0 radical (unpaired) electrons. The molecule has 1 N–H and O–H groups in total. The molecule has 1 heterocycles. The Hall–Kier alpha value is -1.14. The Morgan fingerprint density at radius 1 is 1.33 bits per heavy atom. The van der Waals surface area contributed by atoms with Crippen molar-refractivity contribution in [3.63, 3.8) is 0 Å². The summed E-state index contributed by atoms with van der Waals surface area (Å²) >= 11 is 0. The predicted octanol–water partition coefficient (Wildman–Crippen LogP) is 2.71. The first-order valence-corrected chi connectivity index (χ1v) is 9.07. The van der Waals surface area contributed by atoms with Gasteiger partial charge in [0.2, 0.25) is 10.0 Å². The number of nitrogens with zero attached hydrogens (tertiary/aromatic N) is 2. The van der Waals surface area contributed by atoms with Crippen LogP contribution in [-0.2, 0) is 10.0 Å². The molecule has 0 amide bonds. The highest BCUT2D eigenvalue weighted by atomic mass is 32.2. The molecule has 21 heavy (non-hydrogen) atoms. The van der Waals surface area contributed by atoms with Crippen molar-refractivity contribution in [2.75, 3.05) is 18.9 Å². The number of aromatic nitrogens is 1. The van der Waals surface area contributed by atoms with Crippen LogP contribution < -0.4 is 5.32 Å². The Morgan fingerprint density at radius 2 is 2.00 bits per heavy atom. The summed E-state index contributed by atoms with van der Waals surface area (Å²) in [5.74, 6) is 1.31. The number of hydrogen-bond donors (Lipinski definition) is 1. The molecular weight excluding hydrogens is 286 g/mol. The molecule has 1 aliphatic rings. The maximum Gasteiger partial charge on any atom is 0.243 e. The second-order valence-corrected chi connectivity index (χ2v) is 7.84. The van der Waals surface area contributed by atoms with E-state index in [2.05, 4.69) is 17.2 Å². The van der Waals surface area contributed by atoms with E-state index in [1.807, 2.05) is 6.92 Å². The number of nitrogens with one attached hydrogen (secondary N) is 1. The van der Waals surface area contributed by atoms with E-state index in [9.17, 15) is 8.42 Å². The van der Waals surface area contributed by atoms with Gasteiger partial charge < -0.3 is 5.32 Å². The summed E-state index contributed by atoms with van der Waals surface area (Å²) in [4.78, 5) is 4.44.